The molecule has 0 aliphatic heterocycles. The Bertz CT molecular complexity index is 447. The first-order chi connectivity index (χ1) is 9.92. The van der Waals surface area contributed by atoms with Gasteiger partial charge in [0.15, 0.2) is 5.75 Å². The van der Waals surface area contributed by atoms with E-state index >= 15 is 0 Å². The summed E-state index contributed by atoms with van der Waals surface area (Å²) >= 11 is 0. The summed E-state index contributed by atoms with van der Waals surface area (Å²) in [5.41, 5.74) is 1.45. The molecule has 1 saturated carbocycles. The lowest BCUT2D eigenvalue weighted by atomic mass is 9.84. The summed E-state index contributed by atoms with van der Waals surface area (Å²) in [5.74, 6) is 2.16. The SMILES string of the molecule is COc1cnn(C)c1C1CCCCCC1CNC(C)(C)C. The van der Waals surface area contributed by atoms with Crippen molar-refractivity contribution in [1.29, 1.82) is 0 Å². The van der Waals surface area contributed by atoms with Crippen LogP contribution in [0.5, 0.6) is 5.75 Å². The van der Waals surface area contributed by atoms with Crippen molar-refractivity contribution in [2.75, 3.05) is 13.7 Å². The van der Waals surface area contributed by atoms with Crippen LogP contribution in [0.2, 0.25) is 0 Å². The monoisotopic (exact) mass is 293 g/mol. The van der Waals surface area contributed by atoms with Crippen molar-refractivity contribution in [3.63, 3.8) is 0 Å². The third-order valence-electron chi connectivity index (χ3n) is 4.57. The van der Waals surface area contributed by atoms with Crippen LogP contribution >= 0.6 is 0 Å². The number of nitrogens with zero attached hydrogens (tertiary/aromatic N) is 2. The Morgan fingerprint density at radius 1 is 1.29 bits per heavy atom. The normalized spacial score (nSPS) is 23.9. The molecule has 0 amide bonds. The predicted octanol–water partition coefficient (Wildman–Crippen LogP) is 3.48. The highest BCUT2D eigenvalue weighted by Gasteiger charge is 2.30. The molecule has 1 heterocycles. The van der Waals surface area contributed by atoms with Crippen molar-refractivity contribution in [2.24, 2.45) is 13.0 Å². The summed E-state index contributed by atoms with van der Waals surface area (Å²) in [5, 5.41) is 8.11. The van der Waals surface area contributed by atoms with E-state index in [1.807, 2.05) is 17.9 Å². The van der Waals surface area contributed by atoms with Crippen molar-refractivity contribution in [2.45, 2.75) is 64.3 Å². The van der Waals surface area contributed by atoms with E-state index in [1.165, 1.54) is 37.8 Å². The Balaban J connectivity index is 2.21. The van der Waals surface area contributed by atoms with E-state index in [1.54, 1.807) is 7.11 Å². The minimum absolute atomic E-state index is 0.174. The van der Waals surface area contributed by atoms with Gasteiger partial charge in [0.2, 0.25) is 0 Å². The van der Waals surface area contributed by atoms with Gasteiger partial charge in [-0.1, -0.05) is 19.3 Å². The van der Waals surface area contributed by atoms with Crippen molar-refractivity contribution >= 4 is 0 Å². The zero-order valence-corrected chi connectivity index (χ0v) is 14.3. The second-order valence-corrected chi connectivity index (χ2v) is 7.36. The molecular weight excluding hydrogens is 262 g/mol. The summed E-state index contributed by atoms with van der Waals surface area (Å²) < 4.78 is 7.56. The molecule has 2 unspecified atom stereocenters. The van der Waals surface area contributed by atoms with Crippen LogP contribution in [0.3, 0.4) is 0 Å². The number of aryl methyl sites for hydroxylation is 1. The van der Waals surface area contributed by atoms with Crippen LogP contribution in [0, 0.1) is 5.92 Å². The van der Waals surface area contributed by atoms with E-state index in [4.69, 9.17) is 4.74 Å². The number of nitrogens with one attached hydrogen (secondary N) is 1. The Kier molecular flexibility index (Phi) is 5.31. The van der Waals surface area contributed by atoms with Gasteiger partial charge >= 0.3 is 0 Å². The third kappa shape index (κ3) is 4.22. The summed E-state index contributed by atoms with van der Waals surface area (Å²) in [6, 6.07) is 0. The van der Waals surface area contributed by atoms with E-state index in [2.05, 4.69) is 31.2 Å². The molecule has 0 radical (unpaired) electrons. The van der Waals surface area contributed by atoms with Gasteiger partial charge in [0.1, 0.15) is 0 Å². The molecule has 1 aliphatic carbocycles. The molecular formula is C17H31N3O. The standard InChI is InChI=1S/C17H31N3O/c1-17(2,3)18-11-13-9-7-6-8-10-14(13)16-15(21-5)12-19-20(16)4/h12-14,18H,6-11H2,1-5H3. The van der Waals surface area contributed by atoms with Gasteiger partial charge in [-0.05, 0) is 46.1 Å². The molecule has 4 heteroatoms. The second kappa shape index (κ2) is 6.82. The molecule has 120 valence electrons. The molecule has 4 nitrogen and oxygen atoms in total. The maximum atomic E-state index is 5.55. The predicted molar refractivity (Wildman–Crippen MR) is 86.8 cm³/mol. The highest BCUT2D eigenvalue weighted by molar-refractivity contribution is 5.29. The highest BCUT2D eigenvalue weighted by atomic mass is 16.5. The molecule has 1 aromatic heterocycles. The quantitative estimate of drug-likeness (QED) is 0.864. The lowest BCUT2D eigenvalue weighted by Crippen LogP contribution is -2.40. The molecule has 0 spiro atoms. The van der Waals surface area contributed by atoms with Gasteiger partial charge in [-0.2, -0.15) is 5.10 Å². The Hall–Kier alpha value is -1.03. The Labute approximate surface area is 129 Å². The smallest absolute Gasteiger partial charge is 0.160 e. The fourth-order valence-electron chi connectivity index (χ4n) is 3.43. The summed E-state index contributed by atoms with van der Waals surface area (Å²) in [7, 11) is 3.79. The lowest BCUT2D eigenvalue weighted by Gasteiger charge is -2.30. The zero-order valence-electron chi connectivity index (χ0n) is 14.3. The Morgan fingerprint density at radius 2 is 2.00 bits per heavy atom. The van der Waals surface area contributed by atoms with Crippen LogP contribution in [0.1, 0.15) is 64.5 Å². The van der Waals surface area contributed by atoms with E-state index in [9.17, 15) is 0 Å². The number of aromatic nitrogens is 2. The van der Waals surface area contributed by atoms with E-state index in [0.717, 1.165) is 12.3 Å². The summed E-state index contributed by atoms with van der Waals surface area (Å²) in [6.07, 6.45) is 8.39. The van der Waals surface area contributed by atoms with E-state index in [-0.39, 0.29) is 5.54 Å². The number of methoxy groups -OCH3 is 1. The molecule has 1 aromatic rings. The zero-order chi connectivity index (χ0) is 15.5. The molecule has 0 aromatic carbocycles. The largest absolute Gasteiger partial charge is 0.493 e. The molecule has 21 heavy (non-hydrogen) atoms. The summed E-state index contributed by atoms with van der Waals surface area (Å²) in [6.45, 7) is 7.79. The molecule has 2 atom stereocenters. The van der Waals surface area contributed by atoms with Gasteiger partial charge in [-0.3, -0.25) is 4.68 Å². The Morgan fingerprint density at radius 3 is 2.67 bits per heavy atom. The van der Waals surface area contributed by atoms with Gasteiger partial charge in [0.25, 0.3) is 0 Å². The van der Waals surface area contributed by atoms with E-state index in [0.29, 0.717) is 11.8 Å². The van der Waals surface area contributed by atoms with E-state index < -0.39 is 0 Å². The lowest BCUT2D eigenvalue weighted by molar-refractivity contribution is 0.307. The van der Waals surface area contributed by atoms with Crippen molar-refractivity contribution in [3.05, 3.63) is 11.9 Å². The first-order valence-electron chi connectivity index (χ1n) is 8.23. The van der Waals surface area contributed by atoms with Crippen molar-refractivity contribution < 1.29 is 4.74 Å². The first kappa shape index (κ1) is 16.3. The molecule has 1 N–H and O–H groups in total. The van der Waals surface area contributed by atoms with Crippen LogP contribution in [-0.2, 0) is 7.05 Å². The first-order valence-corrected chi connectivity index (χ1v) is 8.23. The van der Waals surface area contributed by atoms with Crippen LogP contribution < -0.4 is 10.1 Å². The van der Waals surface area contributed by atoms with Gasteiger partial charge in [0.05, 0.1) is 19.0 Å². The molecule has 1 aliphatic rings. The second-order valence-electron chi connectivity index (χ2n) is 7.36. The third-order valence-corrected chi connectivity index (χ3v) is 4.57. The maximum absolute atomic E-state index is 5.55. The van der Waals surface area contributed by atoms with Crippen LogP contribution in [0.25, 0.3) is 0 Å². The van der Waals surface area contributed by atoms with Crippen LogP contribution in [-0.4, -0.2) is 29.0 Å². The van der Waals surface area contributed by atoms with Crippen LogP contribution in [0.4, 0.5) is 0 Å². The molecule has 2 rings (SSSR count). The minimum atomic E-state index is 0.174. The molecule has 0 bridgehead atoms. The molecule has 0 saturated heterocycles. The van der Waals surface area contributed by atoms with Gasteiger partial charge in [-0.25, -0.2) is 0 Å². The fraction of sp³-hybridized carbons (Fsp3) is 0.824. The van der Waals surface area contributed by atoms with Gasteiger partial charge in [0, 0.05) is 18.5 Å². The van der Waals surface area contributed by atoms with Gasteiger partial charge < -0.3 is 10.1 Å². The number of hydrogen-bond acceptors (Lipinski definition) is 3. The molecule has 1 fully saturated rings. The average Bonchev–Trinajstić information content (AvgIpc) is 2.64. The average molecular weight is 293 g/mol. The minimum Gasteiger partial charge on any atom is -0.493 e. The fourth-order valence-corrected chi connectivity index (χ4v) is 3.43. The number of ether oxygens (including phenoxy) is 1. The van der Waals surface area contributed by atoms with Crippen LogP contribution in [0.15, 0.2) is 6.20 Å². The highest BCUT2D eigenvalue weighted by Crippen LogP contribution is 2.40. The van der Waals surface area contributed by atoms with Crippen molar-refractivity contribution in [3.8, 4) is 5.75 Å². The number of rotatable bonds is 4. The maximum Gasteiger partial charge on any atom is 0.160 e. The topological polar surface area (TPSA) is 39.1 Å². The number of hydrogen-bond donors (Lipinski definition) is 1. The van der Waals surface area contributed by atoms with Crippen molar-refractivity contribution in [1.82, 2.24) is 15.1 Å². The summed E-state index contributed by atoms with van der Waals surface area (Å²) in [4.78, 5) is 0. The van der Waals surface area contributed by atoms with Gasteiger partial charge in [-0.15, -0.1) is 0 Å².